The van der Waals surface area contributed by atoms with Crippen LogP contribution in [0.5, 0.6) is 0 Å². The van der Waals surface area contributed by atoms with Crippen LogP contribution in [0, 0.1) is 5.41 Å². The van der Waals surface area contributed by atoms with E-state index in [1.54, 1.807) is 7.11 Å². The van der Waals surface area contributed by atoms with Gasteiger partial charge in [-0.2, -0.15) is 0 Å². The fraction of sp³-hybridized carbons (Fsp3) is 1.00. The number of ether oxygens (including phenoxy) is 1. The number of aliphatic hydroxyl groups excluding tert-OH is 1. The second-order valence-corrected chi connectivity index (χ2v) is 8.52. The van der Waals surface area contributed by atoms with Crippen LogP contribution in [-0.2, 0) is 4.74 Å². The first-order valence-electron chi connectivity index (χ1n) is 7.14. The molecular weight excluding hydrogens is 264 g/mol. The van der Waals surface area contributed by atoms with Gasteiger partial charge in [0, 0.05) is 13.7 Å². The van der Waals surface area contributed by atoms with Crippen molar-refractivity contribution in [3.05, 3.63) is 0 Å². The molecule has 0 heterocycles. The Morgan fingerprint density at radius 1 is 1.26 bits per heavy atom. The van der Waals surface area contributed by atoms with Crippen molar-refractivity contribution >= 4 is 7.92 Å². The molecule has 2 unspecified atom stereocenters. The van der Waals surface area contributed by atoms with Gasteiger partial charge in [-0.15, -0.1) is 0 Å². The second-order valence-electron chi connectivity index (χ2n) is 5.85. The Morgan fingerprint density at radius 2 is 1.89 bits per heavy atom. The maximum absolute atomic E-state index is 12.1. The summed E-state index contributed by atoms with van der Waals surface area (Å²) in [6.07, 6.45) is 5.58. The third-order valence-corrected chi connectivity index (χ3v) is 6.13. The smallest absolute Gasteiger partial charge is 0.0894 e. The van der Waals surface area contributed by atoms with E-state index in [4.69, 9.17) is 10.5 Å². The number of alkyl halides is 1. The molecule has 0 radical (unpaired) electrons. The Hall–Kier alpha value is 0.240. The molecule has 0 saturated carbocycles. The lowest BCUT2D eigenvalue weighted by atomic mass is 9.89. The third-order valence-electron chi connectivity index (χ3n) is 3.30. The van der Waals surface area contributed by atoms with E-state index in [0.29, 0.717) is 13.0 Å². The van der Waals surface area contributed by atoms with E-state index in [1.165, 1.54) is 0 Å². The highest BCUT2D eigenvalue weighted by molar-refractivity contribution is 7.58. The monoisotopic (exact) mass is 295 g/mol. The van der Waals surface area contributed by atoms with Gasteiger partial charge in [-0.3, -0.25) is 4.39 Å². The van der Waals surface area contributed by atoms with Gasteiger partial charge in [-0.25, -0.2) is 0 Å². The second kappa shape index (κ2) is 11.0. The van der Waals surface area contributed by atoms with Crippen LogP contribution in [0.4, 0.5) is 4.39 Å². The minimum Gasteiger partial charge on any atom is -0.387 e. The van der Waals surface area contributed by atoms with E-state index in [1.807, 2.05) is 0 Å². The molecule has 3 nitrogen and oxygen atoms in total. The SMILES string of the molecule is COCC(C)(C)CCCP(CCCCF)C(O)CN. The van der Waals surface area contributed by atoms with Gasteiger partial charge >= 0.3 is 0 Å². The highest BCUT2D eigenvalue weighted by atomic mass is 31.1. The number of hydrogen-bond acceptors (Lipinski definition) is 3. The van der Waals surface area contributed by atoms with Crippen molar-refractivity contribution in [3.63, 3.8) is 0 Å². The number of rotatable bonds is 12. The highest BCUT2D eigenvalue weighted by Crippen LogP contribution is 2.42. The first-order valence-corrected chi connectivity index (χ1v) is 8.92. The number of hydrogen-bond donors (Lipinski definition) is 2. The summed E-state index contributed by atoms with van der Waals surface area (Å²) in [5, 5.41) is 9.94. The lowest BCUT2D eigenvalue weighted by molar-refractivity contribution is 0.0979. The molecule has 0 aliphatic carbocycles. The number of unbranched alkanes of at least 4 members (excludes halogenated alkanes) is 1. The number of methoxy groups -OCH3 is 1. The van der Waals surface area contributed by atoms with Gasteiger partial charge in [0.25, 0.3) is 0 Å². The first kappa shape index (κ1) is 19.2. The molecular formula is C14H31FNO2P. The molecule has 3 N–H and O–H groups in total. The van der Waals surface area contributed by atoms with E-state index >= 15 is 0 Å². The average molecular weight is 295 g/mol. The third kappa shape index (κ3) is 9.73. The van der Waals surface area contributed by atoms with Crippen molar-refractivity contribution < 1.29 is 14.2 Å². The van der Waals surface area contributed by atoms with Gasteiger partial charge in [-0.05, 0) is 43.4 Å². The molecule has 5 heteroatoms. The van der Waals surface area contributed by atoms with Crippen molar-refractivity contribution in [2.24, 2.45) is 11.1 Å². The molecule has 0 rings (SSSR count). The summed E-state index contributed by atoms with van der Waals surface area (Å²) in [7, 11) is 1.25. The lowest BCUT2D eigenvalue weighted by Gasteiger charge is -2.26. The quantitative estimate of drug-likeness (QED) is 0.430. The van der Waals surface area contributed by atoms with Crippen LogP contribution in [0.25, 0.3) is 0 Å². The van der Waals surface area contributed by atoms with Crippen LogP contribution >= 0.6 is 7.92 Å². The Labute approximate surface area is 118 Å². The van der Waals surface area contributed by atoms with Crippen LogP contribution < -0.4 is 5.73 Å². The molecule has 0 bridgehead atoms. The van der Waals surface area contributed by atoms with Crippen LogP contribution in [0.1, 0.15) is 39.5 Å². The molecule has 0 aromatic carbocycles. The number of halogens is 1. The zero-order chi connectivity index (χ0) is 14.7. The normalized spacial score (nSPS) is 15.5. The molecule has 2 atom stereocenters. The standard InChI is InChI=1S/C14H31FNO2P/c1-14(2,12-18-3)7-6-10-19(13(17)11-16)9-5-4-8-15/h13,17H,4-12,16H2,1-3H3. The van der Waals surface area contributed by atoms with Crippen molar-refractivity contribution in [2.45, 2.75) is 45.4 Å². The van der Waals surface area contributed by atoms with Gasteiger partial charge < -0.3 is 15.6 Å². The average Bonchev–Trinajstić information content (AvgIpc) is 2.36. The van der Waals surface area contributed by atoms with E-state index in [0.717, 1.165) is 38.2 Å². The minimum atomic E-state index is -0.473. The number of aliphatic hydroxyl groups is 1. The zero-order valence-corrected chi connectivity index (χ0v) is 13.6. The maximum Gasteiger partial charge on any atom is 0.0894 e. The summed E-state index contributed by atoms with van der Waals surface area (Å²) in [4.78, 5) is 0. The predicted molar refractivity (Wildman–Crippen MR) is 81.8 cm³/mol. The summed E-state index contributed by atoms with van der Waals surface area (Å²) in [5.74, 6) is -0.389. The van der Waals surface area contributed by atoms with Crippen LogP contribution in [0.15, 0.2) is 0 Å². The van der Waals surface area contributed by atoms with Crippen LogP contribution in [-0.4, -0.2) is 50.2 Å². The lowest BCUT2D eigenvalue weighted by Crippen LogP contribution is -2.22. The van der Waals surface area contributed by atoms with Crippen molar-refractivity contribution in [1.82, 2.24) is 0 Å². The zero-order valence-electron chi connectivity index (χ0n) is 12.7. The van der Waals surface area contributed by atoms with Gasteiger partial charge in [0.1, 0.15) is 0 Å². The fourth-order valence-corrected chi connectivity index (χ4v) is 4.50. The Bertz CT molecular complexity index is 218. The van der Waals surface area contributed by atoms with Gasteiger partial charge in [0.15, 0.2) is 0 Å². The molecule has 0 aromatic rings. The molecule has 116 valence electrons. The predicted octanol–water partition coefficient (Wildman–Crippen LogP) is 2.95. The minimum absolute atomic E-state index is 0.183. The van der Waals surface area contributed by atoms with Gasteiger partial charge in [0.05, 0.1) is 19.1 Å². The Kier molecular flexibility index (Phi) is 11.1. The molecule has 0 saturated heterocycles. The van der Waals surface area contributed by atoms with Crippen molar-refractivity contribution in [3.8, 4) is 0 Å². The summed E-state index contributed by atoms with van der Waals surface area (Å²) in [5.41, 5.74) is 5.74. The molecule has 0 aliphatic heterocycles. The molecule has 19 heavy (non-hydrogen) atoms. The first-order chi connectivity index (χ1) is 8.96. The molecule has 0 spiro atoms. The summed E-state index contributed by atoms with van der Waals surface area (Å²) in [6.45, 7) is 5.21. The van der Waals surface area contributed by atoms with Gasteiger partial charge in [-0.1, -0.05) is 21.8 Å². The van der Waals surface area contributed by atoms with E-state index in [-0.39, 0.29) is 17.9 Å². The topological polar surface area (TPSA) is 55.5 Å². The molecule has 0 aliphatic rings. The van der Waals surface area contributed by atoms with Crippen molar-refractivity contribution in [2.75, 3.05) is 39.3 Å². The van der Waals surface area contributed by atoms with Crippen LogP contribution in [0.3, 0.4) is 0 Å². The van der Waals surface area contributed by atoms with E-state index in [9.17, 15) is 9.50 Å². The summed E-state index contributed by atoms with van der Waals surface area (Å²) < 4.78 is 17.3. The fourth-order valence-electron chi connectivity index (χ4n) is 2.19. The number of nitrogens with two attached hydrogens (primary N) is 1. The van der Waals surface area contributed by atoms with Crippen molar-refractivity contribution in [1.29, 1.82) is 0 Å². The van der Waals surface area contributed by atoms with Gasteiger partial charge in [0.2, 0.25) is 0 Å². The molecule has 0 fully saturated rings. The molecule has 0 amide bonds. The van der Waals surface area contributed by atoms with E-state index < -0.39 is 7.92 Å². The largest absolute Gasteiger partial charge is 0.387 e. The Balaban J connectivity index is 4.04. The molecule has 0 aromatic heterocycles. The highest BCUT2D eigenvalue weighted by Gasteiger charge is 2.20. The summed E-state index contributed by atoms with van der Waals surface area (Å²) in [6, 6.07) is 0. The summed E-state index contributed by atoms with van der Waals surface area (Å²) >= 11 is 0. The van der Waals surface area contributed by atoms with Crippen LogP contribution in [0.2, 0.25) is 0 Å². The van der Waals surface area contributed by atoms with E-state index in [2.05, 4.69) is 13.8 Å². The maximum atomic E-state index is 12.1. The Morgan fingerprint density at radius 3 is 2.42 bits per heavy atom.